The Morgan fingerprint density at radius 1 is 0.593 bits per heavy atom. The van der Waals surface area contributed by atoms with Crippen molar-refractivity contribution in [3.8, 4) is 0 Å². The van der Waals surface area contributed by atoms with Gasteiger partial charge in [0.25, 0.3) is 0 Å². The van der Waals surface area contributed by atoms with Crippen molar-refractivity contribution in [3.05, 3.63) is 24.3 Å². The van der Waals surface area contributed by atoms with Gasteiger partial charge in [-0.05, 0) is 32.1 Å². The van der Waals surface area contributed by atoms with E-state index in [0.29, 0.717) is 12.8 Å². The third kappa shape index (κ3) is 21.4. The summed E-state index contributed by atoms with van der Waals surface area (Å²) in [4.78, 5) is 12.8. The fraction of sp³-hybridized carbons (Fsp3) is 0.889. The van der Waals surface area contributed by atoms with Gasteiger partial charge in [-0.3, -0.25) is 4.79 Å². The number of ether oxygens (including phenoxy) is 4. The predicted molar refractivity (Wildman–Crippen MR) is 226 cm³/mol. The lowest BCUT2D eigenvalue weighted by Crippen LogP contribution is -2.65. The molecule has 14 nitrogen and oxygen atoms in total. The van der Waals surface area contributed by atoms with Crippen LogP contribution in [0.1, 0.15) is 162 Å². The molecule has 2 rings (SSSR count). The zero-order chi connectivity index (χ0) is 43.3. The van der Waals surface area contributed by atoms with Crippen molar-refractivity contribution in [2.45, 2.75) is 235 Å². The summed E-state index contributed by atoms with van der Waals surface area (Å²) in [6, 6.07) is -0.922. The lowest BCUT2D eigenvalue weighted by atomic mass is 9.97. The van der Waals surface area contributed by atoms with Gasteiger partial charge >= 0.3 is 0 Å². The van der Waals surface area contributed by atoms with Crippen LogP contribution in [-0.2, 0) is 23.7 Å². The Morgan fingerprint density at radius 3 is 1.66 bits per heavy atom. The van der Waals surface area contributed by atoms with Crippen LogP contribution in [-0.4, -0.2) is 140 Å². The van der Waals surface area contributed by atoms with E-state index >= 15 is 0 Å². The average Bonchev–Trinajstić information content (AvgIpc) is 3.23. The van der Waals surface area contributed by atoms with Crippen LogP contribution in [0.5, 0.6) is 0 Å². The lowest BCUT2D eigenvalue weighted by Gasteiger charge is -2.46. The predicted octanol–water partition coefficient (Wildman–Crippen LogP) is 4.60. The van der Waals surface area contributed by atoms with Crippen molar-refractivity contribution >= 4 is 5.91 Å². The molecule has 12 atom stereocenters. The van der Waals surface area contributed by atoms with Crippen molar-refractivity contribution in [1.82, 2.24) is 5.32 Å². The number of carbonyl (C=O) groups is 1. The number of amides is 1. The molecule has 14 heteroatoms. The maximum absolute atomic E-state index is 12.8. The molecule has 2 aliphatic heterocycles. The number of aliphatic hydroxyl groups is 8. The zero-order valence-corrected chi connectivity index (χ0v) is 36.2. The summed E-state index contributed by atoms with van der Waals surface area (Å²) in [7, 11) is 0. The molecule has 0 saturated carbocycles. The maximum atomic E-state index is 12.8. The van der Waals surface area contributed by atoms with Crippen molar-refractivity contribution in [1.29, 1.82) is 0 Å². The minimum Gasteiger partial charge on any atom is -0.394 e. The average molecular weight is 846 g/mol. The number of aliphatic hydroxyl groups excluding tert-OH is 8. The highest BCUT2D eigenvalue weighted by Crippen LogP contribution is 2.30. The molecular formula is C45H83NO13. The highest BCUT2D eigenvalue weighted by molar-refractivity contribution is 5.76. The normalized spacial score (nSPS) is 28.7. The van der Waals surface area contributed by atoms with Gasteiger partial charge in [-0.2, -0.15) is 0 Å². The Hall–Kier alpha value is -1.53. The molecule has 2 saturated heterocycles. The number of rotatable bonds is 34. The minimum atomic E-state index is -1.79. The third-order valence-electron chi connectivity index (χ3n) is 11.4. The van der Waals surface area contributed by atoms with Crippen LogP contribution in [0.3, 0.4) is 0 Å². The van der Waals surface area contributed by atoms with E-state index in [9.17, 15) is 45.6 Å². The Kier molecular flexibility index (Phi) is 30.1. The number of hydrogen-bond donors (Lipinski definition) is 9. The molecule has 2 fully saturated rings. The summed E-state index contributed by atoms with van der Waals surface area (Å²) in [5.41, 5.74) is 0. The maximum Gasteiger partial charge on any atom is 0.220 e. The van der Waals surface area contributed by atoms with Crippen molar-refractivity contribution < 1.29 is 64.6 Å². The molecule has 0 aromatic heterocycles. The molecule has 0 spiro atoms. The van der Waals surface area contributed by atoms with E-state index < -0.39 is 86.8 Å². The molecule has 59 heavy (non-hydrogen) atoms. The molecule has 0 radical (unpaired) electrons. The summed E-state index contributed by atoms with van der Waals surface area (Å²) in [6.45, 7) is 2.56. The fourth-order valence-electron chi connectivity index (χ4n) is 7.54. The Bertz CT molecular complexity index is 1090. The zero-order valence-electron chi connectivity index (χ0n) is 36.2. The Morgan fingerprint density at radius 2 is 1.08 bits per heavy atom. The number of unbranched alkanes of at least 4 members (excludes halogenated alkanes) is 19. The molecule has 0 bridgehead atoms. The number of carbonyl (C=O) groups excluding carboxylic acids is 1. The van der Waals surface area contributed by atoms with E-state index in [-0.39, 0.29) is 18.9 Å². The second kappa shape index (κ2) is 33.1. The second-order valence-electron chi connectivity index (χ2n) is 16.5. The summed E-state index contributed by atoms with van der Waals surface area (Å²) in [5, 5.41) is 85.9. The molecule has 346 valence electrons. The first-order valence-corrected chi connectivity index (χ1v) is 23.1. The minimum absolute atomic E-state index is 0.260. The van der Waals surface area contributed by atoms with Crippen LogP contribution in [0.4, 0.5) is 0 Å². The topological polar surface area (TPSA) is 228 Å². The summed E-state index contributed by atoms with van der Waals surface area (Å²) < 4.78 is 22.4. The van der Waals surface area contributed by atoms with Gasteiger partial charge in [-0.25, -0.2) is 0 Å². The molecule has 2 heterocycles. The lowest BCUT2D eigenvalue weighted by molar-refractivity contribution is -0.359. The van der Waals surface area contributed by atoms with Crippen molar-refractivity contribution in [3.63, 3.8) is 0 Å². The number of allylic oxidation sites excluding steroid dienone is 3. The first-order valence-electron chi connectivity index (χ1n) is 23.1. The van der Waals surface area contributed by atoms with Gasteiger partial charge in [0, 0.05) is 6.42 Å². The van der Waals surface area contributed by atoms with Crippen LogP contribution in [0, 0.1) is 0 Å². The van der Waals surface area contributed by atoms with E-state index in [2.05, 4.69) is 24.4 Å². The Labute approximate surface area is 354 Å². The van der Waals surface area contributed by atoms with Crippen LogP contribution >= 0.6 is 0 Å². The quantitative estimate of drug-likeness (QED) is 0.0319. The monoisotopic (exact) mass is 846 g/mol. The molecule has 0 aromatic rings. The second-order valence-corrected chi connectivity index (χ2v) is 16.5. The van der Waals surface area contributed by atoms with Gasteiger partial charge in [-0.1, -0.05) is 147 Å². The highest BCUT2D eigenvalue weighted by Gasteiger charge is 2.50. The van der Waals surface area contributed by atoms with Gasteiger partial charge in [0.05, 0.1) is 32.0 Å². The molecule has 12 unspecified atom stereocenters. The van der Waals surface area contributed by atoms with E-state index in [0.717, 1.165) is 25.7 Å². The van der Waals surface area contributed by atoms with Gasteiger partial charge in [0.15, 0.2) is 12.6 Å². The molecule has 0 aromatic carbocycles. The number of hydrogen-bond acceptors (Lipinski definition) is 13. The van der Waals surface area contributed by atoms with Gasteiger partial charge < -0.3 is 65.1 Å². The summed E-state index contributed by atoms with van der Waals surface area (Å²) in [6.07, 6.45) is 17.7. The highest BCUT2D eigenvalue weighted by atomic mass is 16.7. The van der Waals surface area contributed by atoms with Crippen molar-refractivity contribution in [2.24, 2.45) is 0 Å². The number of nitrogens with one attached hydrogen (secondary N) is 1. The van der Waals surface area contributed by atoms with Crippen LogP contribution in [0.25, 0.3) is 0 Å². The summed E-state index contributed by atoms with van der Waals surface area (Å²) in [5.74, 6) is -0.275. The largest absolute Gasteiger partial charge is 0.394 e. The first-order chi connectivity index (χ1) is 28.6. The molecule has 1 amide bonds. The molecule has 0 aliphatic carbocycles. The fourth-order valence-corrected chi connectivity index (χ4v) is 7.54. The SMILES string of the molecule is CCCCCCCCCCCCCCCCCC/C=C/CC/C=C/C(O)C(COC1OC(CO)C(OC2OC(CO)C(O)C(O)C2O)C(O)C1O)NC(=O)CCCCC. The van der Waals surface area contributed by atoms with Gasteiger partial charge in [-0.15, -0.1) is 0 Å². The molecule has 9 N–H and O–H groups in total. The van der Waals surface area contributed by atoms with E-state index in [1.807, 2.05) is 13.0 Å². The van der Waals surface area contributed by atoms with E-state index in [1.165, 1.54) is 103 Å². The summed E-state index contributed by atoms with van der Waals surface area (Å²) >= 11 is 0. The van der Waals surface area contributed by atoms with Gasteiger partial charge in [0.1, 0.15) is 48.8 Å². The van der Waals surface area contributed by atoms with Crippen LogP contribution in [0.2, 0.25) is 0 Å². The van der Waals surface area contributed by atoms with E-state index in [4.69, 9.17) is 18.9 Å². The van der Waals surface area contributed by atoms with Crippen LogP contribution < -0.4 is 5.32 Å². The van der Waals surface area contributed by atoms with Crippen LogP contribution in [0.15, 0.2) is 24.3 Å². The van der Waals surface area contributed by atoms with E-state index in [1.54, 1.807) is 6.08 Å². The van der Waals surface area contributed by atoms with Gasteiger partial charge in [0.2, 0.25) is 5.91 Å². The van der Waals surface area contributed by atoms with Crippen molar-refractivity contribution in [2.75, 3.05) is 19.8 Å². The Balaban J connectivity index is 1.74. The first kappa shape index (κ1) is 53.6. The smallest absolute Gasteiger partial charge is 0.220 e. The third-order valence-corrected chi connectivity index (χ3v) is 11.4. The molecular weight excluding hydrogens is 762 g/mol. The standard InChI is InChI=1S/C45H83NO13/c1-3-5-7-8-9-10-11-12-13-14-15-16-17-18-19-20-21-22-23-24-25-27-28-34(49)33(46-37(50)29-26-6-4-2)32-56-44-42(55)40(53)43(36(31-48)58-44)59-45-41(54)39(52)38(51)35(30-47)57-45/h22-23,27-28,33-36,38-45,47-49,51-55H,3-21,24-26,29-32H2,1-2H3,(H,46,50)/b23-22+,28-27+. The molecule has 2 aliphatic rings.